The van der Waals surface area contributed by atoms with Gasteiger partial charge < -0.3 is 0 Å². The maximum absolute atomic E-state index is 4.22. The largest absolute Gasteiger partial charge is 0.257 e. The zero-order chi connectivity index (χ0) is 12.9. The van der Waals surface area contributed by atoms with Gasteiger partial charge in [0.2, 0.25) is 0 Å². The van der Waals surface area contributed by atoms with E-state index in [9.17, 15) is 0 Å². The van der Waals surface area contributed by atoms with E-state index in [1.54, 1.807) is 6.20 Å². The summed E-state index contributed by atoms with van der Waals surface area (Å²) in [7, 11) is 0. The highest BCUT2D eigenvalue weighted by Crippen LogP contribution is 2.14. The van der Waals surface area contributed by atoms with Crippen molar-refractivity contribution < 1.29 is 0 Å². The average Bonchev–Trinajstić information content (AvgIpc) is 2.92. The first-order chi connectivity index (χ1) is 9.42. The van der Waals surface area contributed by atoms with E-state index in [1.165, 1.54) is 11.7 Å². The second kappa shape index (κ2) is 5.54. The van der Waals surface area contributed by atoms with E-state index >= 15 is 0 Å². The second-order valence-corrected chi connectivity index (χ2v) is 4.51. The van der Waals surface area contributed by atoms with Crippen molar-refractivity contribution in [1.29, 1.82) is 0 Å². The van der Waals surface area contributed by atoms with Crippen LogP contribution in [0.4, 0.5) is 0 Å². The predicted octanol–water partition coefficient (Wildman–Crippen LogP) is 3.81. The summed E-state index contributed by atoms with van der Waals surface area (Å²) in [5.74, 6) is 0. The van der Waals surface area contributed by atoms with Gasteiger partial charge in [-0.3, -0.25) is 4.98 Å². The molecule has 0 bridgehead atoms. The Labute approximate surface area is 115 Å². The van der Waals surface area contributed by atoms with Gasteiger partial charge in [-0.15, -0.1) is 0 Å². The normalized spacial score (nSPS) is 11.8. The third kappa shape index (κ3) is 2.92. The minimum absolute atomic E-state index is 0.945. The summed E-state index contributed by atoms with van der Waals surface area (Å²) in [6.07, 6.45) is 9.77. The Morgan fingerprint density at radius 1 is 0.895 bits per heavy atom. The fourth-order valence-electron chi connectivity index (χ4n) is 1.70. The lowest BCUT2D eigenvalue weighted by Crippen LogP contribution is -1.75. The molecule has 2 aromatic heterocycles. The highest BCUT2D eigenvalue weighted by atomic mass is 32.1. The molecule has 92 valence electrons. The molecule has 2 heterocycles. The summed E-state index contributed by atoms with van der Waals surface area (Å²) in [6, 6.07) is 11.9. The number of hydrogen-bond donors (Lipinski definition) is 0. The number of nitrogens with zero attached hydrogens (tertiary/aromatic N) is 3. The highest BCUT2D eigenvalue weighted by Gasteiger charge is 1.96. The quantitative estimate of drug-likeness (QED) is 0.676. The van der Waals surface area contributed by atoms with E-state index in [2.05, 4.69) is 13.7 Å². The van der Waals surface area contributed by atoms with Gasteiger partial charge in [-0.2, -0.15) is 8.75 Å². The van der Waals surface area contributed by atoms with Crippen molar-refractivity contribution in [2.24, 2.45) is 0 Å². The molecule has 0 aliphatic carbocycles. The van der Waals surface area contributed by atoms with Gasteiger partial charge in [0, 0.05) is 6.20 Å². The molecule has 0 atom stereocenters. The van der Waals surface area contributed by atoms with Crippen molar-refractivity contribution in [1.82, 2.24) is 13.7 Å². The molecule has 3 aromatic rings. The maximum Gasteiger partial charge on any atom is 0.105 e. The SMILES string of the molecule is C(C=Cc1ccccn1)=Cc1ccc2nsnc2c1. The number of hydrogen-bond acceptors (Lipinski definition) is 4. The topological polar surface area (TPSA) is 38.7 Å². The molecule has 0 unspecified atom stereocenters. The van der Waals surface area contributed by atoms with Crippen molar-refractivity contribution in [3.8, 4) is 0 Å². The van der Waals surface area contributed by atoms with Crippen LogP contribution >= 0.6 is 11.7 Å². The number of fused-ring (bicyclic) bond motifs is 1. The van der Waals surface area contributed by atoms with Crippen molar-refractivity contribution >= 4 is 34.9 Å². The smallest absolute Gasteiger partial charge is 0.105 e. The molecule has 0 saturated carbocycles. The summed E-state index contributed by atoms with van der Waals surface area (Å²) >= 11 is 1.24. The number of rotatable bonds is 3. The summed E-state index contributed by atoms with van der Waals surface area (Å²) in [5, 5.41) is 0. The van der Waals surface area contributed by atoms with Crippen molar-refractivity contribution in [3.05, 3.63) is 66.0 Å². The third-order valence-corrected chi connectivity index (χ3v) is 3.19. The number of benzene rings is 1. The van der Waals surface area contributed by atoms with Crippen molar-refractivity contribution in [2.75, 3.05) is 0 Å². The van der Waals surface area contributed by atoms with Crippen LogP contribution in [0.5, 0.6) is 0 Å². The van der Waals surface area contributed by atoms with Gasteiger partial charge in [-0.1, -0.05) is 30.4 Å². The molecule has 0 N–H and O–H groups in total. The summed E-state index contributed by atoms with van der Waals surface area (Å²) < 4.78 is 8.40. The van der Waals surface area contributed by atoms with Crippen LogP contribution in [-0.4, -0.2) is 13.7 Å². The molecule has 0 aliphatic rings. The van der Waals surface area contributed by atoms with E-state index in [-0.39, 0.29) is 0 Å². The van der Waals surface area contributed by atoms with Gasteiger partial charge in [-0.05, 0) is 35.9 Å². The lowest BCUT2D eigenvalue weighted by Gasteiger charge is -1.91. The predicted molar refractivity (Wildman–Crippen MR) is 79.7 cm³/mol. The fourth-order valence-corrected chi connectivity index (χ4v) is 2.22. The van der Waals surface area contributed by atoms with E-state index in [0.717, 1.165) is 22.3 Å². The molecule has 4 heteroatoms. The molecular formula is C15H11N3S. The van der Waals surface area contributed by atoms with Crippen LogP contribution in [-0.2, 0) is 0 Å². The lowest BCUT2D eigenvalue weighted by molar-refractivity contribution is 1.30. The zero-order valence-corrected chi connectivity index (χ0v) is 10.9. The highest BCUT2D eigenvalue weighted by molar-refractivity contribution is 7.00. The Bertz CT molecular complexity index is 729. The maximum atomic E-state index is 4.22. The van der Waals surface area contributed by atoms with E-state index in [4.69, 9.17) is 0 Å². The van der Waals surface area contributed by atoms with Crippen LogP contribution in [0.2, 0.25) is 0 Å². The molecule has 0 aliphatic heterocycles. The minimum Gasteiger partial charge on any atom is -0.257 e. The van der Waals surface area contributed by atoms with Crippen LogP contribution in [0.3, 0.4) is 0 Å². The first kappa shape index (κ1) is 11.7. The molecule has 19 heavy (non-hydrogen) atoms. The molecule has 0 radical (unpaired) electrons. The van der Waals surface area contributed by atoms with Gasteiger partial charge in [0.1, 0.15) is 11.0 Å². The van der Waals surface area contributed by atoms with Crippen LogP contribution in [0.1, 0.15) is 11.3 Å². The Morgan fingerprint density at radius 3 is 2.68 bits per heavy atom. The Balaban J connectivity index is 1.73. The van der Waals surface area contributed by atoms with Crippen molar-refractivity contribution in [3.63, 3.8) is 0 Å². The molecule has 3 nitrogen and oxygen atoms in total. The Kier molecular flexibility index (Phi) is 3.42. The van der Waals surface area contributed by atoms with Gasteiger partial charge in [0.05, 0.1) is 17.4 Å². The van der Waals surface area contributed by atoms with Crippen LogP contribution in [0.15, 0.2) is 54.7 Å². The monoisotopic (exact) mass is 265 g/mol. The first-order valence-corrected chi connectivity index (χ1v) is 6.63. The first-order valence-electron chi connectivity index (χ1n) is 5.90. The fraction of sp³-hybridized carbons (Fsp3) is 0. The number of pyridine rings is 1. The Hall–Kier alpha value is -2.33. The number of allylic oxidation sites excluding steroid dienone is 2. The molecule has 3 rings (SSSR count). The molecule has 0 amide bonds. The van der Waals surface area contributed by atoms with Crippen LogP contribution in [0.25, 0.3) is 23.2 Å². The van der Waals surface area contributed by atoms with E-state index in [1.807, 2.05) is 60.7 Å². The summed E-state index contributed by atoms with van der Waals surface area (Å²) in [4.78, 5) is 4.22. The van der Waals surface area contributed by atoms with Gasteiger partial charge in [0.25, 0.3) is 0 Å². The second-order valence-electron chi connectivity index (χ2n) is 3.99. The Morgan fingerprint density at radius 2 is 1.79 bits per heavy atom. The van der Waals surface area contributed by atoms with Gasteiger partial charge >= 0.3 is 0 Å². The van der Waals surface area contributed by atoms with Crippen molar-refractivity contribution in [2.45, 2.75) is 0 Å². The number of aromatic nitrogens is 3. The van der Waals surface area contributed by atoms with Gasteiger partial charge in [-0.25, -0.2) is 0 Å². The molecule has 1 aromatic carbocycles. The van der Waals surface area contributed by atoms with Gasteiger partial charge in [0.15, 0.2) is 0 Å². The standard InChI is InChI=1S/C15H11N3S/c1(2-6-13-7-3-4-10-16-13)5-12-8-9-14-15(11-12)18-19-17-14/h1-11H. The minimum atomic E-state index is 0.945. The zero-order valence-electron chi connectivity index (χ0n) is 10.1. The average molecular weight is 265 g/mol. The van der Waals surface area contributed by atoms with Crippen LogP contribution in [0, 0.1) is 0 Å². The third-order valence-electron chi connectivity index (χ3n) is 2.63. The molecule has 0 spiro atoms. The molecular weight excluding hydrogens is 254 g/mol. The van der Waals surface area contributed by atoms with E-state index in [0.29, 0.717) is 0 Å². The molecule has 0 saturated heterocycles. The van der Waals surface area contributed by atoms with Crippen LogP contribution < -0.4 is 0 Å². The van der Waals surface area contributed by atoms with E-state index < -0.39 is 0 Å². The summed E-state index contributed by atoms with van der Waals surface area (Å²) in [5.41, 5.74) is 3.96. The molecule has 0 fully saturated rings. The summed E-state index contributed by atoms with van der Waals surface area (Å²) in [6.45, 7) is 0. The lowest BCUT2D eigenvalue weighted by atomic mass is 10.2.